The van der Waals surface area contributed by atoms with Gasteiger partial charge in [0.15, 0.2) is 0 Å². The Kier molecular flexibility index (Phi) is 4.49. The van der Waals surface area contributed by atoms with E-state index in [-0.39, 0.29) is 11.9 Å². The van der Waals surface area contributed by atoms with E-state index in [1.807, 2.05) is 0 Å². The summed E-state index contributed by atoms with van der Waals surface area (Å²) in [6.07, 6.45) is 0.936. The van der Waals surface area contributed by atoms with Crippen LogP contribution in [0.1, 0.15) is 23.7 Å². The number of nitrogens with one attached hydrogen (secondary N) is 2. The number of piperidine rings is 1. The molecule has 3 nitrogen and oxygen atoms in total. The molecule has 2 atom stereocenters. The van der Waals surface area contributed by atoms with Gasteiger partial charge in [-0.2, -0.15) is 0 Å². The molecule has 2 rings (SSSR count). The molecule has 1 aromatic carbocycles. The minimum Gasteiger partial charge on any atom is -0.349 e. The molecule has 0 saturated carbocycles. The minimum atomic E-state index is -0.152. The first-order valence-electron chi connectivity index (χ1n) is 6.05. The molecule has 18 heavy (non-hydrogen) atoms. The topological polar surface area (TPSA) is 41.1 Å². The Labute approximate surface area is 117 Å². The second-order valence-electron chi connectivity index (χ2n) is 4.65. The number of carbonyl (C=O) groups is 1. The molecule has 1 fully saturated rings. The van der Waals surface area contributed by atoms with Crippen LogP contribution in [0.5, 0.6) is 0 Å². The Morgan fingerprint density at radius 1 is 1.44 bits per heavy atom. The molecule has 1 aliphatic heterocycles. The predicted molar refractivity (Wildman–Crippen MR) is 74.4 cm³/mol. The normalized spacial score (nSPS) is 23.7. The van der Waals surface area contributed by atoms with Crippen LogP contribution in [-0.2, 0) is 0 Å². The number of hydrogen-bond acceptors (Lipinski definition) is 2. The zero-order valence-corrected chi connectivity index (χ0v) is 11.7. The Bertz CT molecular complexity index is 451. The lowest BCUT2D eigenvalue weighted by Gasteiger charge is -2.30. The van der Waals surface area contributed by atoms with Crippen LogP contribution in [0.15, 0.2) is 18.2 Å². The van der Waals surface area contributed by atoms with Gasteiger partial charge in [0.1, 0.15) is 0 Å². The van der Waals surface area contributed by atoms with Crippen LogP contribution in [-0.4, -0.2) is 25.0 Å². The lowest BCUT2D eigenvalue weighted by molar-refractivity contribution is 0.0914. The van der Waals surface area contributed by atoms with Gasteiger partial charge in [0.2, 0.25) is 0 Å². The first kappa shape index (κ1) is 13.7. The van der Waals surface area contributed by atoms with Gasteiger partial charge in [-0.05, 0) is 37.6 Å². The molecular formula is C13H16Cl2N2O. The zero-order chi connectivity index (χ0) is 13.1. The van der Waals surface area contributed by atoms with Crippen molar-refractivity contribution in [1.29, 1.82) is 0 Å². The van der Waals surface area contributed by atoms with E-state index in [0.29, 0.717) is 21.5 Å². The van der Waals surface area contributed by atoms with Gasteiger partial charge in [0.05, 0.1) is 15.6 Å². The maximum atomic E-state index is 12.2. The third-order valence-corrected chi connectivity index (χ3v) is 4.12. The maximum Gasteiger partial charge on any atom is 0.253 e. The third kappa shape index (κ3) is 2.97. The van der Waals surface area contributed by atoms with Gasteiger partial charge in [-0.15, -0.1) is 0 Å². The molecule has 0 spiro atoms. The van der Waals surface area contributed by atoms with E-state index in [0.717, 1.165) is 19.5 Å². The molecule has 0 bridgehead atoms. The molecule has 5 heteroatoms. The van der Waals surface area contributed by atoms with Crippen LogP contribution in [0.4, 0.5) is 0 Å². The number of amides is 1. The van der Waals surface area contributed by atoms with Crippen molar-refractivity contribution in [2.24, 2.45) is 5.92 Å². The molecule has 0 aliphatic carbocycles. The van der Waals surface area contributed by atoms with Gasteiger partial charge < -0.3 is 10.6 Å². The SMILES string of the molecule is CC1CNCCC1NC(=O)c1cccc(Cl)c1Cl. The highest BCUT2D eigenvalue weighted by Crippen LogP contribution is 2.25. The first-order chi connectivity index (χ1) is 8.59. The van der Waals surface area contributed by atoms with E-state index < -0.39 is 0 Å². The lowest BCUT2D eigenvalue weighted by Crippen LogP contribution is -2.48. The van der Waals surface area contributed by atoms with Crippen LogP contribution in [0.25, 0.3) is 0 Å². The van der Waals surface area contributed by atoms with Crippen molar-refractivity contribution in [3.05, 3.63) is 33.8 Å². The molecule has 98 valence electrons. The van der Waals surface area contributed by atoms with Gasteiger partial charge in [0, 0.05) is 6.04 Å². The lowest BCUT2D eigenvalue weighted by atomic mass is 9.95. The van der Waals surface area contributed by atoms with E-state index in [4.69, 9.17) is 23.2 Å². The number of carbonyl (C=O) groups excluding carboxylic acids is 1. The van der Waals surface area contributed by atoms with Gasteiger partial charge in [0.25, 0.3) is 5.91 Å². The summed E-state index contributed by atoms with van der Waals surface area (Å²) < 4.78 is 0. The predicted octanol–water partition coefficient (Wildman–Crippen LogP) is 2.72. The molecule has 1 heterocycles. The Morgan fingerprint density at radius 3 is 2.94 bits per heavy atom. The Hall–Kier alpha value is -0.770. The average Bonchev–Trinajstić information content (AvgIpc) is 2.35. The van der Waals surface area contributed by atoms with Crippen molar-refractivity contribution in [2.75, 3.05) is 13.1 Å². The monoisotopic (exact) mass is 286 g/mol. The number of rotatable bonds is 2. The molecule has 2 unspecified atom stereocenters. The molecule has 1 aromatic rings. The van der Waals surface area contributed by atoms with E-state index in [9.17, 15) is 4.79 Å². The van der Waals surface area contributed by atoms with Gasteiger partial charge in [-0.1, -0.05) is 36.2 Å². The number of halogens is 2. The van der Waals surface area contributed by atoms with Crippen molar-refractivity contribution in [3.63, 3.8) is 0 Å². The van der Waals surface area contributed by atoms with Gasteiger partial charge in [-0.25, -0.2) is 0 Å². The highest BCUT2D eigenvalue weighted by Gasteiger charge is 2.24. The smallest absolute Gasteiger partial charge is 0.253 e. The van der Waals surface area contributed by atoms with E-state index in [2.05, 4.69) is 17.6 Å². The standard InChI is InChI=1S/C13H16Cl2N2O/c1-8-7-16-6-5-11(8)17-13(18)9-3-2-4-10(14)12(9)15/h2-4,8,11,16H,5-7H2,1H3,(H,17,18). The van der Waals surface area contributed by atoms with Crippen LogP contribution >= 0.6 is 23.2 Å². The van der Waals surface area contributed by atoms with Crippen LogP contribution in [0.3, 0.4) is 0 Å². The number of hydrogen-bond donors (Lipinski definition) is 2. The zero-order valence-electron chi connectivity index (χ0n) is 10.2. The molecule has 2 N–H and O–H groups in total. The van der Waals surface area contributed by atoms with Crippen LogP contribution < -0.4 is 10.6 Å². The van der Waals surface area contributed by atoms with E-state index in [1.165, 1.54) is 0 Å². The molecule has 1 aliphatic rings. The van der Waals surface area contributed by atoms with Crippen molar-refractivity contribution in [3.8, 4) is 0 Å². The summed E-state index contributed by atoms with van der Waals surface area (Å²) in [5.74, 6) is 0.266. The van der Waals surface area contributed by atoms with Crippen molar-refractivity contribution in [2.45, 2.75) is 19.4 Å². The minimum absolute atomic E-state index is 0.152. The summed E-state index contributed by atoms with van der Waals surface area (Å²) in [7, 11) is 0. The summed E-state index contributed by atoms with van der Waals surface area (Å²) in [6.45, 7) is 3.98. The molecule has 0 aromatic heterocycles. The summed E-state index contributed by atoms with van der Waals surface area (Å²) in [5.41, 5.74) is 0.440. The van der Waals surface area contributed by atoms with Crippen molar-refractivity contribution in [1.82, 2.24) is 10.6 Å². The van der Waals surface area contributed by atoms with Crippen LogP contribution in [0.2, 0.25) is 10.0 Å². The fourth-order valence-corrected chi connectivity index (χ4v) is 2.54. The largest absolute Gasteiger partial charge is 0.349 e. The average molecular weight is 287 g/mol. The summed E-state index contributed by atoms with van der Waals surface area (Å²) in [5, 5.41) is 7.05. The fourth-order valence-electron chi connectivity index (χ4n) is 2.15. The summed E-state index contributed by atoms with van der Waals surface area (Å²) in [4.78, 5) is 12.2. The molecule has 0 radical (unpaired) electrons. The third-order valence-electron chi connectivity index (χ3n) is 3.30. The molecule has 1 saturated heterocycles. The number of benzene rings is 1. The van der Waals surface area contributed by atoms with Crippen molar-refractivity contribution < 1.29 is 4.79 Å². The van der Waals surface area contributed by atoms with Crippen molar-refractivity contribution >= 4 is 29.1 Å². The summed E-state index contributed by atoms with van der Waals surface area (Å²) >= 11 is 11.9. The van der Waals surface area contributed by atoms with E-state index >= 15 is 0 Å². The Balaban J connectivity index is 2.09. The molecular weight excluding hydrogens is 271 g/mol. The van der Waals surface area contributed by atoms with Gasteiger partial charge in [-0.3, -0.25) is 4.79 Å². The highest BCUT2D eigenvalue weighted by atomic mass is 35.5. The second-order valence-corrected chi connectivity index (χ2v) is 5.44. The van der Waals surface area contributed by atoms with E-state index in [1.54, 1.807) is 18.2 Å². The highest BCUT2D eigenvalue weighted by molar-refractivity contribution is 6.43. The van der Waals surface area contributed by atoms with Crippen LogP contribution in [0, 0.1) is 5.92 Å². The first-order valence-corrected chi connectivity index (χ1v) is 6.80. The fraction of sp³-hybridized carbons (Fsp3) is 0.462. The molecule has 1 amide bonds. The maximum absolute atomic E-state index is 12.2. The van der Waals surface area contributed by atoms with Gasteiger partial charge >= 0.3 is 0 Å². The quantitative estimate of drug-likeness (QED) is 0.878. The summed E-state index contributed by atoms with van der Waals surface area (Å²) in [6, 6.07) is 5.28. The second kappa shape index (κ2) is 5.91. The Morgan fingerprint density at radius 2 is 2.22 bits per heavy atom.